The molecule has 0 aromatic heterocycles. The molecule has 3 atom stereocenters. The van der Waals surface area contributed by atoms with Crippen LogP contribution in [-0.2, 0) is 35.8 Å². The number of piperidine rings is 1. The fourth-order valence-electron chi connectivity index (χ4n) is 6.34. The van der Waals surface area contributed by atoms with Crippen LogP contribution in [0.1, 0.15) is 77.3 Å². The van der Waals surface area contributed by atoms with Crippen LogP contribution in [0.3, 0.4) is 0 Å². The van der Waals surface area contributed by atoms with Crippen LogP contribution in [0.25, 0.3) is 0 Å². The summed E-state index contributed by atoms with van der Waals surface area (Å²) in [5, 5.41) is 21.4. The normalized spacial score (nSPS) is 16.0. The summed E-state index contributed by atoms with van der Waals surface area (Å²) < 4.78 is 0. The molecular formula is C39H59N7O6. The highest BCUT2D eigenvalue weighted by atomic mass is 16.4. The molecule has 4 amide bonds. The van der Waals surface area contributed by atoms with E-state index in [9.17, 15) is 29.1 Å². The van der Waals surface area contributed by atoms with E-state index in [1.807, 2.05) is 74.5 Å². The van der Waals surface area contributed by atoms with Crippen molar-refractivity contribution in [3.63, 3.8) is 0 Å². The number of carbonyl (C=O) groups is 5. The standard InChI is InChI=1S/C39H59N7O6/c1-27(2)23-31(34(48)44-30(17-11-12-20-40)36(50)46-21-18-39(41,19-22-46)37(51)52)45-35(49)32(24-28-13-7-5-8-14-28)43-33(47)25-42-26-38(3,4)29-15-9-6-10-16-29/h5-10,13-16,27,30-32,42H,11-12,17-26,40-41H2,1-4H3,(H,43,47)(H,44,48)(H,45,49)(H,51,52)/t30?,31-,32?/m1/s1. The van der Waals surface area contributed by atoms with E-state index in [2.05, 4.69) is 35.1 Å². The van der Waals surface area contributed by atoms with E-state index in [4.69, 9.17) is 11.5 Å². The Hall–Kier alpha value is -4.33. The van der Waals surface area contributed by atoms with Gasteiger partial charge in [0.25, 0.3) is 0 Å². The molecule has 13 heteroatoms. The van der Waals surface area contributed by atoms with Crippen LogP contribution in [0.2, 0.25) is 0 Å². The number of nitrogens with zero attached hydrogens (tertiary/aromatic N) is 1. The number of nitrogens with one attached hydrogen (secondary N) is 4. The summed E-state index contributed by atoms with van der Waals surface area (Å²) in [5.74, 6) is -2.82. The number of aliphatic carboxylic acids is 1. The van der Waals surface area contributed by atoms with E-state index in [0.29, 0.717) is 38.8 Å². The SMILES string of the molecule is CC(C)C[C@@H](NC(=O)C(Cc1ccccc1)NC(=O)CNCC(C)(C)c1ccccc1)C(=O)NC(CCCCN)C(=O)N1CCC(N)(C(=O)O)CC1. The van der Waals surface area contributed by atoms with Crippen molar-refractivity contribution < 1.29 is 29.1 Å². The number of amides is 4. The maximum atomic E-state index is 13.9. The predicted molar refractivity (Wildman–Crippen MR) is 201 cm³/mol. The van der Waals surface area contributed by atoms with E-state index in [1.54, 1.807) is 0 Å². The second kappa shape index (κ2) is 20.1. The van der Waals surface area contributed by atoms with E-state index in [0.717, 1.165) is 11.1 Å². The van der Waals surface area contributed by atoms with Crippen LogP contribution >= 0.6 is 0 Å². The Balaban J connectivity index is 1.72. The molecule has 0 radical (unpaired) electrons. The molecule has 3 rings (SSSR count). The van der Waals surface area contributed by atoms with Crippen LogP contribution in [0.4, 0.5) is 0 Å². The van der Waals surface area contributed by atoms with Crippen molar-refractivity contribution in [2.75, 3.05) is 32.7 Å². The van der Waals surface area contributed by atoms with Gasteiger partial charge in [0, 0.05) is 31.5 Å². The molecule has 2 unspecified atom stereocenters. The average molecular weight is 722 g/mol. The van der Waals surface area contributed by atoms with Gasteiger partial charge in [0.2, 0.25) is 23.6 Å². The highest BCUT2D eigenvalue weighted by molar-refractivity contribution is 5.94. The summed E-state index contributed by atoms with van der Waals surface area (Å²) in [4.78, 5) is 67.9. The summed E-state index contributed by atoms with van der Waals surface area (Å²) in [5.41, 5.74) is 12.1. The molecule has 1 fully saturated rings. The first-order valence-electron chi connectivity index (χ1n) is 18.4. The van der Waals surface area contributed by atoms with Crippen LogP contribution in [0.15, 0.2) is 60.7 Å². The van der Waals surface area contributed by atoms with E-state index in [1.165, 1.54) is 4.90 Å². The van der Waals surface area contributed by atoms with E-state index < -0.39 is 41.4 Å². The summed E-state index contributed by atoms with van der Waals surface area (Å²) in [7, 11) is 0. The lowest BCUT2D eigenvalue weighted by atomic mass is 9.84. The molecule has 1 aliphatic rings. The van der Waals surface area contributed by atoms with Gasteiger partial charge in [-0.15, -0.1) is 0 Å². The maximum Gasteiger partial charge on any atom is 0.323 e. The van der Waals surface area contributed by atoms with Crippen molar-refractivity contribution in [2.45, 2.75) is 102 Å². The van der Waals surface area contributed by atoms with Gasteiger partial charge in [0.05, 0.1) is 6.54 Å². The smallest absolute Gasteiger partial charge is 0.323 e. The highest BCUT2D eigenvalue weighted by Crippen LogP contribution is 2.22. The topological polar surface area (TPSA) is 209 Å². The van der Waals surface area contributed by atoms with Crippen molar-refractivity contribution in [3.05, 3.63) is 71.8 Å². The number of rotatable bonds is 20. The molecule has 2 aromatic rings. The number of carboxylic acids is 1. The molecule has 13 nitrogen and oxygen atoms in total. The zero-order valence-electron chi connectivity index (χ0n) is 31.2. The number of hydrogen-bond donors (Lipinski definition) is 7. The van der Waals surface area contributed by atoms with Crippen LogP contribution in [0, 0.1) is 5.92 Å². The minimum atomic E-state index is -1.40. The monoisotopic (exact) mass is 721 g/mol. The van der Waals surface area contributed by atoms with Gasteiger partial charge in [-0.05, 0) is 62.1 Å². The van der Waals surface area contributed by atoms with Crippen LogP contribution < -0.4 is 32.7 Å². The molecule has 52 heavy (non-hydrogen) atoms. The summed E-state index contributed by atoms with van der Waals surface area (Å²) in [6.07, 6.45) is 2.25. The second-order valence-electron chi connectivity index (χ2n) is 15.0. The molecule has 0 spiro atoms. The first-order chi connectivity index (χ1) is 24.6. The third-order valence-electron chi connectivity index (χ3n) is 9.64. The van der Waals surface area contributed by atoms with Gasteiger partial charge in [-0.3, -0.25) is 24.0 Å². The molecule has 0 aliphatic carbocycles. The van der Waals surface area contributed by atoms with Gasteiger partial charge in [-0.25, -0.2) is 0 Å². The zero-order chi connectivity index (χ0) is 38.3. The number of benzene rings is 2. The summed E-state index contributed by atoms with van der Waals surface area (Å²) in [6.45, 7) is 9.28. The fraction of sp³-hybridized carbons (Fsp3) is 0.564. The van der Waals surface area contributed by atoms with Crippen LogP contribution in [-0.4, -0.2) is 96.0 Å². The molecular weight excluding hydrogens is 662 g/mol. The van der Waals surface area contributed by atoms with Crippen molar-refractivity contribution in [1.82, 2.24) is 26.2 Å². The Kier molecular flexibility index (Phi) is 16.2. The lowest BCUT2D eigenvalue weighted by Gasteiger charge is -2.38. The Bertz CT molecular complexity index is 1460. The minimum Gasteiger partial charge on any atom is -0.480 e. The van der Waals surface area contributed by atoms with Gasteiger partial charge in [0.15, 0.2) is 0 Å². The van der Waals surface area contributed by atoms with Gasteiger partial charge in [-0.1, -0.05) is 88.4 Å². The largest absolute Gasteiger partial charge is 0.480 e. The van der Waals surface area contributed by atoms with E-state index >= 15 is 0 Å². The van der Waals surface area contributed by atoms with Gasteiger partial charge >= 0.3 is 5.97 Å². The number of nitrogens with two attached hydrogens (primary N) is 2. The number of carboxylic acid groups (broad SMARTS) is 1. The predicted octanol–water partition coefficient (Wildman–Crippen LogP) is 1.83. The zero-order valence-corrected chi connectivity index (χ0v) is 31.2. The second-order valence-corrected chi connectivity index (χ2v) is 15.0. The van der Waals surface area contributed by atoms with Crippen molar-refractivity contribution >= 4 is 29.6 Å². The average Bonchev–Trinajstić information content (AvgIpc) is 3.11. The minimum absolute atomic E-state index is 0.00836. The van der Waals surface area contributed by atoms with Crippen molar-refractivity contribution in [3.8, 4) is 0 Å². The molecule has 0 bridgehead atoms. The summed E-state index contributed by atoms with van der Waals surface area (Å²) in [6, 6.07) is 16.5. The molecule has 1 saturated heterocycles. The van der Waals surface area contributed by atoms with Gasteiger partial charge in [0.1, 0.15) is 23.7 Å². The fourth-order valence-corrected chi connectivity index (χ4v) is 6.34. The maximum absolute atomic E-state index is 13.9. The number of hydrogen-bond acceptors (Lipinski definition) is 8. The molecule has 1 heterocycles. The Labute approximate surface area is 308 Å². The number of likely N-dealkylation sites (tertiary alicyclic amines) is 1. The lowest BCUT2D eigenvalue weighted by Crippen LogP contribution is -2.60. The Morgan fingerprint density at radius 3 is 2.00 bits per heavy atom. The number of unbranched alkanes of at least 4 members (excludes halogenated alkanes) is 1. The van der Waals surface area contributed by atoms with Crippen molar-refractivity contribution in [2.24, 2.45) is 17.4 Å². The first kappa shape index (κ1) is 42.1. The molecule has 1 aliphatic heterocycles. The third-order valence-corrected chi connectivity index (χ3v) is 9.64. The van der Waals surface area contributed by atoms with Crippen LogP contribution in [0.5, 0.6) is 0 Å². The third kappa shape index (κ3) is 13.0. The molecule has 286 valence electrons. The quantitative estimate of drug-likeness (QED) is 0.0994. The Morgan fingerprint density at radius 1 is 0.846 bits per heavy atom. The van der Waals surface area contributed by atoms with Gasteiger partial charge < -0.3 is 42.7 Å². The van der Waals surface area contributed by atoms with E-state index in [-0.39, 0.29) is 62.0 Å². The molecule has 0 saturated carbocycles. The first-order valence-corrected chi connectivity index (χ1v) is 18.4. The lowest BCUT2D eigenvalue weighted by molar-refractivity contribution is -0.148. The number of carbonyl (C=O) groups excluding carboxylic acids is 4. The molecule has 9 N–H and O–H groups in total. The highest BCUT2D eigenvalue weighted by Gasteiger charge is 2.40. The van der Waals surface area contributed by atoms with Crippen molar-refractivity contribution in [1.29, 1.82) is 0 Å². The molecule has 2 aromatic carbocycles. The van der Waals surface area contributed by atoms with Gasteiger partial charge in [-0.2, -0.15) is 0 Å². The summed E-state index contributed by atoms with van der Waals surface area (Å²) >= 11 is 0. The Morgan fingerprint density at radius 2 is 1.42 bits per heavy atom.